The molecular formula is C14H23NO5. The smallest absolute Gasteiger partial charge is 0.323 e. The minimum absolute atomic E-state index is 0.0558. The molecule has 3 atom stereocenters. The molecule has 6 heteroatoms. The molecule has 0 aromatic rings. The Hall–Kier alpha value is -1.14. The van der Waals surface area contributed by atoms with Crippen LogP contribution in [0.15, 0.2) is 0 Å². The summed E-state index contributed by atoms with van der Waals surface area (Å²) in [5.41, 5.74) is 0. The van der Waals surface area contributed by atoms with Crippen molar-refractivity contribution in [3.8, 4) is 0 Å². The minimum atomic E-state index is -0.983. The van der Waals surface area contributed by atoms with Crippen LogP contribution in [0.1, 0.15) is 33.1 Å². The highest BCUT2D eigenvalue weighted by Gasteiger charge is 2.40. The molecule has 0 saturated carbocycles. The quantitative estimate of drug-likeness (QED) is 0.830. The summed E-state index contributed by atoms with van der Waals surface area (Å²) in [5, 5.41) is 9.06. The number of hydrogen-bond donors (Lipinski definition) is 1. The number of ether oxygens (including phenoxy) is 2. The average Bonchev–Trinajstić information content (AvgIpc) is 2.75. The Morgan fingerprint density at radius 2 is 1.90 bits per heavy atom. The van der Waals surface area contributed by atoms with E-state index in [1.165, 1.54) is 4.90 Å². The van der Waals surface area contributed by atoms with E-state index in [1.807, 2.05) is 13.8 Å². The monoisotopic (exact) mass is 285 g/mol. The standard InChI is InChI=1S/C14H23NO5/c1-9-7-10(2)20-13(9)14(18)15(8-12(16)17)11-3-5-19-6-4-11/h9-11,13H,3-8H2,1-2H3,(H,16,17). The largest absolute Gasteiger partial charge is 0.480 e. The van der Waals surface area contributed by atoms with Crippen LogP contribution in [0.4, 0.5) is 0 Å². The van der Waals surface area contributed by atoms with Crippen molar-refractivity contribution < 1.29 is 24.2 Å². The topological polar surface area (TPSA) is 76.1 Å². The number of hydrogen-bond acceptors (Lipinski definition) is 4. The van der Waals surface area contributed by atoms with Crippen LogP contribution in [0, 0.1) is 5.92 Å². The van der Waals surface area contributed by atoms with Gasteiger partial charge in [0.25, 0.3) is 5.91 Å². The Morgan fingerprint density at radius 1 is 1.25 bits per heavy atom. The number of rotatable bonds is 4. The second kappa shape index (κ2) is 6.54. The lowest BCUT2D eigenvalue weighted by molar-refractivity contribution is -0.155. The summed E-state index contributed by atoms with van der Waals surface area (Å²) in [6, 6.07) is -0.0564. The van der Waals surface area contributed by atoms with E-state index in [1.54, 1.807) is 0 Å². The molecule has 3 unspecified atom stereocenters. The van der Waals surface area contributed by atoms with Crippen LogP contribution in [0.5, 0.6) is 0 Å². The lowest BCUT2D eigenvalue weighted by Crippen LogP contribution is -2.50. The summed E-state index contributed by atoms with van der Waals surface area (Å²) in [4.78, 5) is 25.2. The van der Waals surface area contributed by atoms with Gasteiger partial charge in [0.05, 0.1) is 6.10 Å². The highest BCUT2D eigenvalue weighted by Crippen LogP contribution is 2.28. The molecule has 2 fully saturated rings. The predicted octanol–water partition coefficient (Wildman–Crippen LogP) is 0.892. The van der Waals surface area contributed by atoms with Crippen LogP contribution in [0.2, 0.25) is 0 Å². The van der Waals surface area contributed by atoms with Crippen LogP contribution >= 0.6 is 0 Å². The van der Waals surface area contributed by atoms with Gasteiger partial charge >= 0.3 is 5.97 Å². The SMILES string of the molecule is CC1CC(C)C(C(=O)N(CC(=O)O)C2CCOCC2)O1. The van der Waals surface area contributed by atoms with Crippen molar-refractivity contribution in [2.24, 2.45) is 5.92 Å². The van der Waals surface area contributed by atoms with Gasteiger partial charge in [-0.2, -0.15) is 0 Å². The summed E-state index contributed by atoms with van der Waals surface area (Å²) in [5.74, 6) is -1.03. The molecule has 20 heavy (non-hydrogen) atoms. The molecule has 1 N–H and O–H groups in total. The number of carboxylic acids is 1. The first-order valence-electron chi connectivity index (χ1n) is 7.24. The van der Waals surface area contributed by atoms with E-state index in [-0.39, 0.29) is 30.5 Å². The van der Waals surface area contributed by atoms with Gasteiger partial charge in [-0.05, 0) is 32.1 Å². The summed E-state index contributed by atoms with van der Waals surface area (Å²) >= 11 is 0. The number of carbonyl (C=O) groups is 2. The molecule has 0 aromatic heterocycles. The van der Waals surface area contributed by atoms with Gasteiger partial charge in [-0.1, -0.05) is 6.92 Å². The van der Waals surface area contributed by atoms with Crippen molar-refractivity contribution in [2.75, 3.05) is 19.8 Å². The van der Waals surface area contributed by atoms with Crippen LogP contribution in [-0.4, -0.2) is 59.9 Å². The fourth-order valence-electron chi connectivity index (χ4n) is 3.08. The van der Waals surface area contributed by atoms with Gasteiger partial charge in [0.1, 0.15) is 12.6 Å². The van der Waals surface area contributed by atoms with E-state index < -0.39 is 12.1 Å². The molecule has 1 amide bonds. The average molecular weight is 285 g/mol. The Balaban J connectivity index is 2.08. The van der Waals surface area contributed by atoms with Crippen molar-refractivity contribution >= 4 is 11.9 Å². The summed E-state index contributed by atoms with van der Waals surface area (Å²) in [6.07, 6.45) is 1.77. The zero-order valence-corrected chi connectivity index (χ0v) is 12.1. The first-order chi connectivity index (χ1) is 9.49. The molecule has 0 aliphatic carbocycles. The summed E-state index contributed by atoms with van der Waals surface area (Å²) in [6.45, 7) is 4.82. The van der Waals surface area contributed by atoms with Crippen molar-refractivity contribution in [1.82, 2.24) is 4.90 Å². The van der Waals surface area contributed by atoms with Crippen LogP contribution < -0.4 is 0 Å². The molecule has 0 radical (unpaired) electrons. The molecule has 0 aromatic carbocycles. The van der Waals surface area contributed by atoms with E-state index in [0.29, 0.717) is 26.1 Å². The Bertz CT molecular complexity index is 367. The molecule has 2 heterocycles. The molecule has 2 saturated heterocycles. The highest BCUT2D eigenvalue weighted by molar-refractivity contribution is 5.85. The summed E-state index contributed by atoms with van der Waals surface area (Å²) in [7, 11) is 0. The molecule has 2 rings (SSSR count). The third-order valence-corrected chi connectivity index (χ3v) is 4.06. The second-order valence-electron chi connectivity index (χ2n) is 5.78. The fourth-order valence-corrected chi connectivity index (χ4v) is 3.08. The molecule has 114 valence electrons. The molecular weight excluding hydrogens is 262 g/mol. The van der Waals surface area contributed by atoms with E-state index in [0.717, 1.165) is 6.42 Å². The molecule has 6 nitrogen and oxygen atoms in total. The van der Waals surface area contributed by atoms with Gasteiger partial charge in [-0.3, -0.25) is 9.59 Å². The normalized spacial score (nSPS) is 31.2. The minimum Gasteiger partial charge on any atom is -0.480 e. The first-order valence-corrected chi connectivity index (χ1v) is 7.24. The molecule has 2 aliphatic rings. The maximum Gasteiger partial charge on any atom is 0.323 e. The van der Waals surface area contributed by atoms with Gasteiger partial charge in [-0.25, -0.2) is 0 Å². The number of aliphatic carboxylic acids is 1. The van der Waals surface area contributed by atoms with Crippen LogP contribution in [0.3, 0.4) is 0 Å². The summed E-state index contributed by atoms with van der Waals surface area (Å²) < 4.78 is 11.0. The van der Waals surface area contributed by atoms with Crippen molar-refractivity contribution in [3.63, 3.8) is 0 Å². The van der Waals surface area contributed by atoms with Crippen LogP contribution in [0.25, 0.3) is 0 Å². The Kier molecular flexibility index (Phi) is 4.99. The molecule has 0 bridgehead atoms. The van der Waals surface area contributed by atoms with Gasteiger partial charge in [0, 0.05) is 19.3 Å². The maximum atomic E-state index is 12.6. The van der Waals surface area contributed by atoms with E-state index >= 15 is 0 Å². The molecule has 2 aliphatic heterocycles. The number of carboxylic acid groups (broad SMARTS) is 1. The Labute approximate surface area is 119 Å². The van der Waals surface area contributed by atoms with Gasteiger partial charge in [0.2, 0.25) is 0 Å². The van der Waals surface area contributed by atoms with Crippen LogP contribution in [-0.2, 0) is 19.1 Å². The number of nitrogens with zero attached hydrogens (tertiary/aromatic N) is 1. The zero-order chi connectivity index (χ0) is 14.7. The fraction of sp³-hybridized carbons (Fsp3) is 0.857. The highest BCUT2D eigenvalue weighted by atomic mass is 16.5. The third-order valence-electron chi connectivity index (χ3n) is 4.06. The molecule has 0 spiro atoms. The maximum absolute atomic E-state index is 12.6. The van der Waals surface area contributed by atoms with Gasteiger partial charge in [-0.15, -0.1) is 0 Å². The number of amides is 1. The first kappa shape index (κ1) is 15.3. The third kappa shape index (κ3) is 3.49. The predicted molar refractivity (Wildman–Crippen MR) is 71.3 cm³/mol. The second-order valence-corrected chi connectivity index (χ2v) is 5.78. The van der Waals surface area contributed by atoms with E-state index in [2.05, 4.69) is 0 Å². The van der Waals surface area contributed by atoms with Crippen molar-refractivity contribution in [2.45, 2.75) is 51.4 Å². The lowest BCUT2D eigenvalue weighted by atomic mass is 9.99. The number of carbonyl (C=O) groups excluding carboxylic acids is 1. The lowest BCUT2D eigenvalue weighted by Gasteiger charge is -2.35. The van der Waals surface area contributed by atoms with Gasteiger partial charge in [0.15, 0.2) is 0 Å². The van der Waals surface area contributed by atoms with Gasteiger partial charge < -0.3 is 19.5 Å². The van der Waals surface area contributed by atoms with E-state index in [4.69, 9.17) is 14.6 Å². The van der Waals surface area contributed by atoms with Crippen molar-refractivity contribution in [1.29, 1.82) is 0 Å². The Morgan fingerprint density at radius 3 is 2.40 bits per heavy atom. The van der Waals surface area contributed by atoms with Crippen molar-refractivity contribution in [3.05, 3.63) is 0 Å². The van der Waals surface area contributed by atoms with E-state index in [9.17, 15) is 9.59 Å². The zero-order valence-electron chi connectivity index (χ0n) is 12.1.